The first-order chi connectivity index (χ1) is 9.88. The largest absolute Gasteiger partial charge is 0.492 e. The predicted octanol–water partition coefficient (Wildman–Crippen LogP) is 4.33. The molecule has 0 saturated heterocycles. The fourth-order valence-corrected chi connectivity index (χ4v) is 2.96. The van der Waals surface area contributed by atoms with Crippen molar-refractivity contribution >= 4 is 0 Å². The molecule has 2 nitrogen and oxygen atoms in total. The van der Waals surface area contributed by atoms with Crippen molar-refractivity contribution in [3.05, 3.63) is 29.8 Å². The third-order valence-corrected chi connectivity index (χ3v) is 4.12. The highest BCUT2D eigenvalue weighted by Gasteiger charge is 2.10. The topological polar surface area (TPSA) is 21.3 Å². The number of rotatable bonds is 7. The van der Waals surface area contributed by atoms with Crippen molar-refractivity contribution in [3.63, 3.8) is 0 Å². The average molecular weight is 275 g/mol. The highest BCUT2D eigenvalue weighted by Crippen LogP contribution is 2.17. The van der Waals surface area contributed by atoms with Gasteiger partial charge < -0.3 is 10.1 Å². The Morgan fingerprint density at radius 1 is 1.05 bits per heavy atom. The van der Waals surface area contributed by atoms with Crippen LogP contribution >= 0.6 is 0 Å². The number of hydrogen-bond acceptors (Lipinski definition) is 2. The molecule has 20 heavy (non-hydrogen) atoms. The molecule has 0 radical (unpaired) electrons. The third kappa shape index (κ3) is 5.54. The van der Waals surface area contributed by atoms with Gasteiger partial charge in [0.1, 0.15) is 12.4 Å². The maximum Gasteiger partial charge on any atom is 0.119 e. The van der Waals surface area contributed by atoms with Crippen LogP contribution in [0, 0.1) is 0 Å². The van der Waals surface area contributed by atoms with Gasteiger partial charge >= 0.3 is 0 Å². The highest BCUT2D eigenvalue weighted by molar-refractivity contribution is 5.27. The Morgan fingerprint density at radius 2 is 1.75 bits per heavy atom. The van der Waals surface area contributed by atoms with Gasteiger partial charge in [0, 0.05) is 12.6 Å². The summed E-state index contributed by atoms with van der Waals surface area (Å²) in [6.07, 6.45) is 10.6. The molecule has 0 amide bonds. The standard InChI is InChI=1S/C18H29NO/c1-2-7-16-10-12-18(13-11-16)20-15-14-19-17-8-5-3-4-6-9-17/h10-13,17,19H,2-9,14-15H2,1H3. The van der Waals surface area contributed by atoms with E-state index >= 15 is 0 Å². The summed E-state index contributed by atoms with van der Waals surface area (Å²) in [6, 6.07) is 9.26. The Bertz CT molecular complexity index is 352. The molecule has 0 heterocycles. The predicted molar refractivity (Wildman–Crippen MR) is 85.4 cm³/mol. The van der Waals surface area contributed by atoms with E-state index in [-0.39, 0.29) is 0 Å². The molecular weight excluding hydrogens is 246 g/mol. The molecular formula is C18H29NO. The monoisotopic (exact) mass is 275 g/mol. The van der Waals surface area contributed by atoms with Crippen LogP contribution in [0.15, 0.2) is 24.3 Å². The fraction of sp³-hybridized carbons (Fsp3) is 0.667. The van der Waals surface area contributed by atoms with Gasteiger partial charge in [-0.05, 0) is 37.0 Å². The minimum atomic E-state index is 0.716. The van der Waals surface area contributed by atoms with Gasteiger partial charge in [-0.3, -0.25) is 0 Å². The molecule has 1 saturated carbocycles. The van der Waals surface area contributed by atoms with Gasteiger partial charge in [-0.1, -0.05) is 51.2 Å². The Morgan fingerprint density at radius 3 is 2.40 bits per heavy atom. The van der Waals surface area contributed by atoms with Crippen molar-refractivity contribution in [2.75, 3.05) is 13.2 Å². The van der Waals surface area contributed by atoms with Crippen molar-refractivity contribution in [1.82, 2.24) is 5.32 Å². The fourth-order valence-electron chi connectivity index (χ4n) is 2.96. The van der Waals surface area contributed by atoms with Crippen molar-refractivity contribution in [1.29, 1.82) is 0 Å². The van der Waals surface area contributed by atoms with Gasteiger partial charge in [-0.25, -0.2) is 0 Å². The van der Waals surface area contributed by atoms with Gasteiger partial charge in [0.05, 0.1) is 0 Å². The molecule has 1 N–H and O–H groups in total. The Labute approximate surface area is 123 Å². The lowest BCUT2D eigenvalue weighted by atomic mass is 10.1. The van der Waals surface area contributed by atoms with Crippen LogP contribution in [-0.4, -0.2) is 19.2 Å². The molecule has 1 aliphatic carbocycles. The molecule has 1 aliphatic rings. The lowest BCUT2D eigenvalue weighted by Crippen LogP contribution is -2.32. The molecule has 0 spiro atoms. The molecule has 0 unspecified atom stereocenters. The minimum Gasteiger partial charge on any atom is -0.492 e. The first-order valence-electron chi connectivity index (χ1n) is 8.33. The SMILES string of the molecule is CCCc1ccc(OCCNC2CCCCCC2)cc1. The van der Waals surface area contributed by atoms with E-state index in [1.807, 2.05) is 0 Å². The normalized spacial score (nSPS) is 16.9. The van der Waals surface area contributed by atoms with E-state index in [0.29, 0.717) is 6.04 Å². The maximum absolute atomic E-state index is 5.80. The Hall–Kier alpha value is -1.02. The molecule has 1 aromatic carbocycles. The van der Waals surface area contributed by atoms with Crippen LogP contribution in [0.5, 0.6) is 5.75 Å². The second-order valence-corrected chi connectivity index (χ2v) is 5.89. The van der Waals surface area contributed by atoms with Crippen LogP contribution in [0.25, 0.3) is 0 Å². The molecule has 0 aliphatic heterocycles. The van der Waals surface area contributed by atoms with Gasteiger partial charge in [0.2, 0.25) is 0 Å². The van der Waals surface area contributed by atoms with Crippen LogP contribution in [0.4, 0.5) is 0 Å². The van der Waals surface area contributed by atoms with Gasteiger partial charge in [-0.15, -0.1) is 0 Å². The first-order valence-corrected chi connectivity index (χ1v) is 8.33. The lowest BCUT2D eigenvalue weighted by Gasteiger charge is -2.16. The first kappa shape index (κ1) is 15.4. The molecule has 112 valence electrons. The summed E-state index contributed by atoms with van der Waals surface area (Å²) >= 11 is 0. The van der Waals surface area contributed by atoms with Gasteiger partial charge in [-0.2, -0.15) is 0 Å². The summed E-state index contributed by atoms with van der Waals surface area (Å²) in [5.74, 6) is 0.993. The van der Waals surface area contributed by atoms with E-state index in [1.54, 1.807) is 0 Å². The number of hydrogen-bond donors (Lipinski definition) is 1. The van der Waals surface area contributed by atoms with E-state index in [0.717, 1.165) is 25.3 Å². The third-order valence-electron chi connectivity index (χ3n) is 4.12. The van der Waals surface area contributed by atoms with Crippen molar-refractivity contribution in [3.8, 4) is 5.75 Å². The summed E-state index contributed by atoms with van der Waals surface area (Å²) < 4.78 is 5.80. The van der Waals surface area contributed by atoms with Crippen molar-refractivity contribution < 1.29 is 4.74 Å². The lowest BCUT2D eigenvalue weighted by molar-refractivity contribution is 0.300. The number of benzene rings is 1. The highest BCUT2D eigenvalue weighted by atomic mass is 16.5. The second-order valence-electron chi connectivity index (χ2n) is 5.89. The Balaban J connectivity index is 1.62. The zero-order valence-electron chi connectivity index (χ0n) is 12.9. The van der Waals surface area contributed by atoms with Crippen LogP contribution in [0.2, 0.25) is 0 Å². The average Bonchev–Trinajstić information content (AvgIpc) is 2.74. The smallest absolute Gasteiger partial charge is 0.119 e. The van der Waals surface area contributed by atoms with Crippen LogP contribution in [0.1, 0.15) is 57.4 Å². The molecule has 0 bridgehead atoms. The Kier molecular flexibility index (Phi) is 6.93. The van der Waals surface area contributed by atoms with E-state index in [9.17, 15) is 0 Å². The van der Waals surface area contributed by atoms with Gasteiger partial charge in [0.15, 0.2) is 0 Å². The van der Waals surface area contributed by atoms with E-state index in [1.165, 1.54) is 50.5 Å². The van der Waals surface area contributed by atoms with Gasteiger partial charge in [0.25, 0.3) is 0 Å². The number of aryl methyl sites for hydroxylation is 1. The zero-order chi connectivity index (χ0) is 14.0. The van der Waals surface area contributed by atoms with Crippen molar-refractivity contribution in [2.45, 2.75) is 64.3 Å². The van der Waals surface area contributed by atoms with E-state index in [2.05, 4.69) is 36.5 Å². The molecule has 1 aromatic rings. The quantitative estimate of drug-likeness (QED) is 0.590. The van der Waals surface area contributed by atoms with E-state index in [4.69, 9.17) is 4.74 Å². The summed E-state index contributed by atoms with van der Waals surface area (Å²) in [7, 11) is 0. The molecule has 1 fully saturated rings. The molecule has 2 rings (SSSR count). The van der Waals surface area contributed by atoms with Crippen molar-refractivity contribution in [2.24, 2.45) is 0 Å². The summed E-state index contributed by atoms with van der Waals surface area (Å²) in [6.45, 7) is 3.94. The number of ether oxygens (including phenoxy) is 1. The van der Waals surface area contributed by atoms with Crippen LogP contribution in [0.3, 0.4) is 0 Å². The van der Waals surface area contributed by atoms with E-state index < -0.39 is 0 Å². The summed E-state index contributed by atoms with van der Waals surface area (Å²) in [5, 5.41) is 3.64. The summed E-state index contributed by atoms with van der Waals surface area (Å²) in [5.41, 5.74) is 1.40. The molecule has 2 heteroatoms. The zero-order valence-corrected chi connectivity index (χ0v) is 12.9. The molecule has 0 atom stereocenters. The summed E-state index contributed by atoms with van der Waals surface area (Å²) in [4.78, 5) is 0. The number of nitrogens with one attached hydrogen (secondary N) is 1. The maximum atomic E-state index is 5.80. The molecule has 0 aromatic heterocycles. The van der Waals surface area contributed by atoms with Crippen LogP contribution in [-0.2, 0) is 6.42 Å². The second kappa shape index (κ2) is 9.02. The minimum absolute atomic E-state index is 0.716. The van der Waals surface area contributed by atoms with Crippen LogP contribution < -0.4 is 10.1 Å².